The molecule has 0 unspecified atom stereocenters. The molecule has 1 rings (SSSR count). The lowest BCUT2D eigenvalue weighted by atomic mass is 10.2. The smallest absolute Gasteiger partial charge is 0.0110 e. The molecule has 1 heterocycles. The summed E-state index contributed by atoms with van der Waals surface area (Å²) in [6, 6.07) is 0. The van der Waals surface area contributed by atoms with Crippen molar-refractivity contribution in [2.45, 2.75) is 19.8 Å². The first-order chi connectivity index (χ1) is 6.36. The maximum atomic E-state index is 7.06. The summed E-state index contributed by atoms with van der Waals surface area (Å²) in [6.07, 6.45) is 2.27. The fourth-order valence-electron chi connectivity index (χ4n) is 1.79. The van der Waals surface area contributed by atoms with Gasteiger partial charge in [0.1, 0.15) is 0 Å². The van der Waals surface area contributed by atoms with Crippen LogP contribution in [0.25, 0.3) is 0 Å². The molecule has 1 radical (unpaired) electrons. The van der Waals surface area contributed by atoms with Crippen LogP contribution in [0.4, 0.5) is 0 Å². The Morgan fingerprint density at radius 2 is 1.62 bits per heavy atom. The monoisotopic (exact) mass is 184 g/mol. The minimum absolute atomic E-state index is 0.592. The quantitative estimate of drug-likeness (QED) is 0.588. The van der Waals surface area contributed by atoms with E-state index in [9.17, 15) is 0 Å². The van der Waals surface area contributed by atoms with Crippen molar-refractivity contribution in [1.82, 2.24) is 15.5 Å². The van der Waals surface area contributed by atoms with Crippen LogP contribution in [-0.2, 0) is 0 Å². The van der Waals surface area contributed by atoms with Crippen molar-refractivity contribution in [2.24, 2.45) is 0 Å². The third kappa shape index (κ3) is 4.07. The van der Waals surface area contributed by atoms with Crippen LogP contribution in [0, 0.1) is 0 Å². The Kier molecular flexibility index (Phi) is 5.35. The van der Waals surface area contributed by atoms with E-state index in [0.29, 0.717) is 6.54 Å². The van der Waals surface area contributed by atoms with Gasteiger partial charge in [0.05, 0.1) is 0 Å². The van der Waals surface area contributed by atoms with E-state index >= 15 is 0 Å². The van der Waals surface area contributed by atoms with Crippen molar-refractivity contribution in [3.8, 4) is 0 Å². The van der Waals surface area contributed by atoms with Crippen molar-refractivity contribution in [3.05, 3.63) is 0 Å². The van der Waals surface area contributed by atoms with Gasteiger partial charge in [0.25, 0.3) is 0 Å². The molecule has 0 aromatic heterocycles. The molecule has 0 spiro atoms. The number of piperazine rings is 1. The van der Waals surface area contributed by atoms with Crippen molar-refractivity contribution >= 4 is 0 Å². The van der Waals surface area contributed by atoms with E-state index in [-0.39, 0.29) is 0 Å². The predicted molar refractivity (Wildman–Crippen MR) is 55.8 cm³/mol. The molecule has 0 amide bonds. The van der Waals surface area contributed by atoms with E-state index in [2.05, 4.69) is 16.7 Å². The van der Waals surface area contributed by atoms with E-state index < -0.39 is 0 Å². The molecule has 1 aliphatic rings. The first-order valence-electron chi connectivity index (χ1n) is 5.46. The van der Waals surface area contributed by atoms with E-state index in [1.54, 1.807) is 0 Å². The highest BCUT2D eigenvalue weighted by atomic mass is 15.3. The van der Waals surface area contributed by atoms with Gasteiger partial charge in [0.15, 0.2) is 0 Å². The Bertz CT molecular complexity index is 117. The molecule has 0 atom stereocenters. The zero-order valence-corrected chi connectivity index (χ0v) is 8.76. The maximum absolute atomic E-state index is 7.06. The van der Waals surface area contributed by atoms with Crippen molar-refractivity contribution < 1.29 is 0 Å². The number of nitrogens with zero attached hydrogens (tertiary/aromatic N) is 2. The van der Waals surface area contributed by atoms with Crippen LogP contribution in [0.15, 0.2) is 0 Å². The minimum Gasteiger partial charge on any atom is -0.301 e. The Morgan fingerprint density at radius 3 is 2.15 bits per heavy atom. The normalized spacial score (nSPS) is 20.8. The number of hydrogen-bond acceptors (Lipinski definition) is 2. The summed E-state index contributed by atoms with van der Waals surface area (Å²) in [5, 5.41) is 0. The minimum atomic E-state index is 0.592. The first kappa shape index (κ1) is 11.0. The standard InChI is InChI=1S/C10H22N3/c1-2-12-7-9-13(10-8-12)6-4-3-5-11/h11H,2-10H2,1H3. The lowest BCUT2D eigenvalue weighted by Crippen LogP contribution is -2.46. The molecule has 3 nitrogen and oxygen atoms in total. The molecule has 0 saturated carbocycles. The van der Waals surface area contributed by atoms with Crippen LogP contribution in [0.1, 0.15) is 19.8 Å². The molecule has 13 heavy (non-hydrogen) atoms. The summed E-state index contributed by atoms with van der Waals surface area (Å²) < 4.78 is 0. The SMILES string of the molecule is CCN1CCN(CCCC[NH])CC1. The summed E-state index contributed by atoms with van der Waals surface area (Å²) in [4.78, 5) is 5.03. The summed E-state index contributed by atoms with van der Waals surface area (Å²) in [7, 11) is 0. The second-order valence-corrected chi connectivity index (χ2v) is 3.73. The average Bonchev–Trinajstić information content (AvgIpc) is 2.19. The van der Waals surface area contributed by atoms with E-state index in [4.69, 9.17) is 5.73 Å². The van der Waals surface area contributed by atoms with Gasteiger partial charge < -0.3 is 9.80 Å². The summed E-state index contributed by atoms with van der Waals surface area (Å²) in [5.41, 5.74) is 7.06. The second-order valence-electron chi connectivity index (χ2n) is 3.73. The number of nitrogens with one attached hydrogen (secondary N) is 1. The molecule has 0 bridgehead atoms. The van der Waals surface area contributed by atoms with Gasteiger partial charge in [0, 0.05) is 32.7 Å². The van der Waals surface area contributed by atoms with Gasteiger partial charge in [0.2, 0.25) is 0 Å². The molecule has 1 saturated heterocycles. The molecule has 0 aromatic rings. The van der Waals surface area contributed by atoms with Crippen LogP contribution in [-0.4, -0.2) is 55.6 Å². The van der Waals surface area contributed by atoms with Gasteiger partial charge in [-0.05, 0) is 25.9 Å². The van der Waals surface area contributed by atoms with Gasteiger partial charge in [-0.2, -0.15) is 0 Å². The topological polar surface area (TPSA) is 30.3 Å². The van der Waals surface area contributed by atoms with E-state index in [0.717, 1.165) is 6.42 Å². The molecule has 3 heteroatoms. The summed E-state index contributed by atoms with van der Waals surface area (Å²) in [5.74, 6) is 0. The van der Waals surface area contributed by atoms with Gasteiger partial charge in [-0.1, -0.05) is 6.92 Å². The largest absolute Gasteiger partial charge is 0.301 e. The van der Waals surface area contributed by atoms with Crippen LogP contribution in [0.3, 0.4) is 0 Å². The zero-order chi connectivity index (χ0) is 9.52. The number of unbranched alkanes of at least 4 members (excludes halogenated alkanes) is 1. The number of hydrogen-bond donors (Lipinski definition) is 0. The third-order valence-corrected chi connectivity index (χ3v) is 2.81. The summed E-state index contributed by atoms with van der Waals surface area (Å²) in [6.45, 7) is 10.1. The Hall–Kier alpha value is -0.120. The van der Waals surface area contributed by atoms with Gasteiger partial charge in [-0.25, -0.2) is 0 Å². The zero-order valence-electron chi connectivity index (χ0n) is 8.76. The van der Waals surface area contributed by atoms with E-state index in [1.807, 2.05) is 0 Å². The Labute approximate surface area is 81.9 Å². The third-order valence-electron chi connectivity index (χ3n) is 2.81. The van der Waals surface area contributed by atoms with Crippen LogP contribution < -0.4 is 5.73 Å². The van der Waals surface area contributed by atoms with Crippen molar-refractivity contribution in [2.75, 3.05) is 45.8 Å². The lowest BCUT2D eigenvalue weighted by Gasteiger charge is -2.33. The molecule has 1 aliphatic heterocycles. The van der Waals surface area contributed by atoms with Gasteiger partial charge in [-0.3, -0.25) is 5.73 Å². The maximum Gasteiger partial charge on any atom is 0.0110 e. The number of rotatable bonds is 5. The van der Waals surface area contributed by atoms with Crippen LogP contribution in [0.5, 0.6) is 0 Å². The molecule has 77 valence electrons. The molecule has 1 N–H and O–H groups in total. The molecule has 1 fully saturated rings. The van der Waals surface area contributed by atoms with Crippen LogP contribution >= 0.6 is 0 Å². The Morgan fingerprint density at radius 1 is 1.00 bits per heavy atom. The van der Waals surface area contributed by atoms with Crippen molar-refractivity contribution in [1.29, 1.82) is 0 Å². The first-order valence-corrected chi connectivity index (χ1v) is 5.46. The van der Waals surface area contributed by atoms with Gasteiger partial charge >= 0.3 is 0 Å². The summed E-state index contributed by atoms with van der Waals surface area (Å²) >= 11 is 0. The van der Waals surface area contributed by atoms with Crippen molar-refractivity contribution in [3.63, 3.8) is 0 Å². The van der Waals surface area contributed by atoms with Gasteiger partial charge in [-0.15, -0.1) is 0 Å². The Balaban J connectivity index is 2.03. The highest BCUT2D eigenvalue weighted by Crippen LogP contribution is 2.02. The average molecular weight is 184 g/mol. The predicted octanol–water partition coefficient (Wildman–Crippen LogP) is 0.687. The van der Waals surface area contributed by atoms with Crippen LogP contribution in [0.2, 0.25) is 0 Å². The second kappa shape index (κ2) is 6.35. The number of likely N-dealkylation sites (N-methyl/N-ethyl adjacent to an activating group) is 1. The fraction of sp³-hybridized carbons (Fsp3) is 1.00. The van der Waals surface area contributed by atoms with E-state index in [1.165, 1.54) is 45.7 Å². The molecule has 0 aliphatic carbocycles. The fourth-order valence-corrected chi connectivity index (χ4v) is 1.79. The molecule has 0 aromatic carbocycles. The highest BCUT2D eigenvalue weighted by molar-refractivity contribution is 4.70. The highest BCUT2D eigenvalue weighted by Gasteiger charge is 2.14. The lowest BCUT2D eigenvalue weighted by molar-refractivity contribution is 0.136. The molecular formula is C10H22N3. The molecular weight excluding hydrogens is 162 g/mol.